The molecule has 0 radical (unpaired) electrons. The fourth-order valence-electron chi connectivity index (χ4n) is 3.40. The number of carboxylic acid groups (broad SMARTS) is 1. The number of carboxylic acids is 1. The second-order valence-electron chi connectivity index (χ2n) is 7.05. The molecule has 0 saturated carbocycles. The molecular weight excluding hydrogens is 306 g/mol. The van der Waals surface area contributed by atoms with Gasteiger partial charge in [-0.2, -0.15) is 10.2 Å². The van der Waals surface area contributed by atoms with E-state index in [2.05, 4.69) is 40.1 Å². The highest BCUT2D eigenvalue weighted by Crippen LogP contribution is 2.30. The van der Waals surface area contributed by atoms with Crippen LogP contribution in [0.5, 0.6) is 0 Å². The largest absolute Gasteiger partial charge is 0.479 e. The summed E-state index contributed by atoms with van der Waals surface area (Å²) in [5, 5.41) is 21.4. The summed E-state index contributed by atoms with van der Waals surface area (Å²) < 4.78 is 1.60. The van der Waals surface area contributed by atoms with Crippen LogP contribution in [0.4, 0.5) is 0 Å². The normalized spacial score (nSPS) is 18.1. The smallest absolute Gasteiger partial charge is 0.331 e. The summed E-state index contributed by atoms with van der Waals surface area (Å²) in [6.45, 7) is 6.59. The van der Waals surface area contributed by atoms with Crippen LogP contribution in [0.1, 0.15) is 38.1 Å². The summed E-state index contributed by atoms with van der Waals surface area (Å²) in [5.74, 6) is -0.215. The van der Waals surface area contributed by atoms with Crippen molar-refractivity contribution in [1.82, 2.24) is 24.9 Å². The summed E-state index contributed by atoms with van der Waals surface area (Å²) in [6, 6.07) is 3.89. The van der Waals surface area contributed by atoms with Crippen LogP contribution in [0, 0.1) is 5.92 Å². The zero-order valence-corrected chi connectivity index (χ0v) is 14.3. The number of hydrogen-bond acceptors (Lipinski definition) is 4. The molecular formula is C17H25N5O2. The molecule has 2 aromatic rings. The monoisotopic (exact) mass is 331 g/mol. The summed E-state index contributed by atoms with van der Waals surface area (Å²) in [7, 11) is 0. The van der Waals surface area contributed by atoms with E-state index in [9.17, 15) is 9.90 Å². The number of aromatic nitrogens is 4. The third kappa shape index (κ3) is 3.36. The molecule has 0 aliphatic carbocycles. The van der Waals surface area contributed by atoms with Crippen molar-refractivity contribution in [2.24, 2.45) is 5.92 Å². The lowest BCUT2D eigenvalue weighted by molar-refractivity contribution is -0.151. The van der Waals surface area contributed by atoms with Gasteiger partial charge in [0.2, 0.25) is 0 Å². The Bertz CT molecular complexity index is 669. The van der Waals surface area contributed by atoms with E-state index in [0.717, 1.165) is 37.4 Å². The maximum atomic E-state index is 11.9. The molecule has 24 heavy (non-hydrogen) atoms. The number of hydrogen-bond donors (Lipinski definition) is 2. The van der Waals surface area contributed by atoms with Gasteiger partial charge in [-0.05, 0) is 37.3 Å². The molecule has 130 valence electrons. The Morgan fingerprint density at radius 3 is 2.75 bits per heavy atom. The first-order valence-corrected chi connectivity index (χ1v) is 8.48. The topological polar surface area (TPSA) is 87.0 Å². The number of aromatic amines is 1. The molecule has 3 rings (SSSR count). The number of carbonyl (C=O) groups is 1. The fraction of sp³-hybridized carbons (Fsp3) is 0.588. The van der Waals surface area contributed by atoms with Crippen molar-refractivity contribution >= 4 is 5.97 Å². The van der Waals surface area contributed by atoms with E-state index < -0.39 is 11.5 Å². The Labute approximate surface area is 141 Å². The van der Waals surface area contributed by atoms with Crippen LogP contribution in [-0.2, 0) is 23.3 Å². The average Bonchev–Trinajstić information content (AvgIpc) is 3.20. The molecule has 3 heterocycles. The van der Waals surface area contributed by atoms with E-state index in [1.165, 1.54) is 0 Å². The van der Waals surface area contributed by atoms with E-state index in [0.29, 0.717) is 18.8 Å². The van der Waals surface area contributed by atoms with E-state index in [4.69, 9.17) is 0 Å². The van der Waals surface area contributed by atoms with Crippen LogP contribution in [-0.4, -0.2) is 49.0 Å². The van der Waals surface area contributed by atoms with E-state index in [-0.39, 0.29) is 0 Å². The first-order valence-electron chi connectivity index (χ1n) is 8.48. The molecule has 0 aromatic carbocycles. The average molecular weight is 331 g/mol. The lowest BCUT2D eigenvalue weighted by atomic mass is 9.87. The second-order valence-corrected chi connectivity index (χ2v) is 7.05. The van der Waals surface area contributed by atoms with Gasteiger partial charge in [-0.15, -0.1) is 0 Å². The molecule has 2 N–H and O–H groups in total. The molecule has 2 aromatic heterocycles. The molecule has 1 saturated heterocycles. The number of rotatable bonds is 6. The molecule has 0 atom stereocenters. The van der Waals surface area contributed by atoms with Gasteiger partial charge in [0.1, 0.15) is 0 Å². The zero-order valence-electron chi connectivity index (χ0n) is 14.3. The van der Waals surface area contributed by atoms with Gasteiger partial charge in [0, 0.05) is 37.7 Å². The van der Waals surface area contributed by atoms with Gasteiger partial charge in [0.25, 0.3) is 0 Å². The van der Waals surface area contributed by atoms with Crippen LogP contribution < -0.4 is 0 Å². The van der Waals surface area contributed by atoms with Gasteiger partial charge in [-0.25, -0.2) is 4.79 Å². The number of nitrogens with zero attached hydrogens (tertiary/aromatic N) is 4. The van der Waals surface area contributed by atoms with E-state index in [1.807, 2.05) is 0 Å². The summed E-state index contributed by atoms with van der Waals surface area (Å²) in [5.41, 5.74) is 1.26. The minimum absolute atomic E-state index is 0.553. The Kier molecular flexibility index (Phi) is 4.71. The Hall–Kier alpha value is -2.15. The third-order valence-electron chi connectivity index (χ3n) is 4.72. The van der Waals surface area contributed by atoms with Gasteiger partial charge in [0.05, 0.1) is 5.69 Å². The Morgan fingerprint density at radius 1 is 1.42 bits per heavy atom. The van der Waals surface area contributed by atoms with Gasteiger partial charge in [-0.3, -0.25) is 14.7 Å². The molecule has 0 amide bonds. The van der Waals surface area contributed by atoms with Gasteiger partial charge in [-0.1, -0.05) is 13.8 Å². The van der Waals surface area contributed by atoms with Crippen molar-refractivity contribution in [3.05, 3.63) is 35.9 Å². The number of nitrogens with one attached hydrogen (secondary N) is 1. The molecule has 1 aliphatic heterocycles. The lowest BCUT2D eigenvalue weighted by Crippen LogP contribution is -2.51. The van der Waals surface area contributed by atoms with Gasteiger partial charge < -0.3 is 5.11 Å². The predicted molar refractivity (Wildman–Crippen MR) is 89.5 cm³/mol. The van der Waals surface area contributed by atoms with Crippen LogP contribution in [0.15, 0.2) is 24.5 Å². The number of aliphatic carboxylic acids is 1. The minimum Gasteiger partial charge on any atom is -0.479 e. The van der Waals surface area contributed by atoms with Crippen molar-refractivity contribution in [1.29, 1.82) is 0 Å². The highest BCUT2D eigenvalue weighted by molar-refractivity contribution is 5.76. The number of likely N-dealkylation sites (tertiary alicyclic amines) is 1. The highest BCUT2D eigenvalue weighted by Gasteiger charge is 2.43. The fourth-order valence-corrected chi connectivity index (χ4v) is 3.40. The van der Waals surface area contributed by atoms with Gasteiger partial charge >= 0.3 is 5.97 Å². The Morgan fingerprint density at radius 2 is 2.17 bits per heavy atom. The first-order chi connectivity index (χ1) is 11.5. The van der Waals surface area contributed by atoms with Crippen molar-refractivity contribution in [3.8, 4) is 0 Å². The predicted octanol–water partition coefficient (Wildman–Crippen LogP) is 1.88. The molecule has 1 fully saturated rings. The third-order valence-corrected chi connectivity index (χ3v) is 4.72. The maximum absolute atomic E-state index is 11.9. The quantitative estimate of drug-likeness (QED) is 0.844. The van der Waals surface area contributed by atoms with Crippen molar-refractivity contribution in [2.75, 3.05) is 13.1 Å². The number of H-pyrrole nitrogens is 1. The number of piperidine rings is 1. The van der Waals surface area contributed by atoms with E-state index >= 15 is 0 Å². The van der Waals surface area contributed by atoms with E-state index in [1.54, 1.807) is 23.1 Å². The molecule has 0 bridgehead atoms. The highest BCUT2D eigenvalue weighted by atomic mass is 16.4. The molecule has 7 nitrogen and oxygen atoms in total. The maximum Gasteiger partial charge on any atom is 0.331 e. The summed E-state index contributed by atoms with van der Waals surface area (Å²) >= 11 is 0. The van der Waals surface area contributed by atoms with Crippen LogP contribution >= 0.6 is 0 Å². The lowest BCUT2D eigenvalue weighted by Gasteiger charge is -2.38. The molecule has 7 heteroatoms. The van der Waals surface area contributed by atoms with Crippen molar-refractivity contribution < 1.29 is 9.90 Å². The Balaban J connectivity index is 1.62. The van der Waals surface area contributed by atoms with Crippen LogP contribution in [0.25, 0.3) is 0 Å². The standard InChI is InChI=1S/C17H25N5O2/c1-13(2)10-14-11-15(20-19-14)12-21-8-4-17(5-9-21,16(23)24)22-7-3-6-18-22/h3,6-7,11,13H,4-5,8-10,12H2,1-2H3,(H,19,20)(H,23,24). The first kappa shape index (κ1) is 16.7. The van der Waals surface area contributed by atoms with Crippen molar-refractivity contribution in [3.63, 3.8) is 0 Å². The SMILES string of the molecule is CC(C)Cc1cc(CN2CCC(C(=O)O)(n3cccn3)CC2)[nH]n1. The van der Waals surface area contributed by atoms with Crippen LogP contribution in [0.3, 0.4) is 0 Å². The molecule has 0 spiro atoms. The zero-order chi connectivity index (χ0) is 17.2. The van der Waals surface area contributed by atoms with Crippen LogP contribution in [0.2, 0.25) is 0 Å². The summed E-state index contributed by atoms with van der Waals surface area (Å²) in [4.78, 5) is 14.1. The molecule has 1 aliphatic rings. The van der Waals surface area contributed by atoms with Crippen molar-refractivity contribution in [2.45, 2.75) is 45.2 Å². The molecule has 0 unspecified atom stereocenters. The minimum atomic E-state index is -0.920. The summed E-state index contributed by atoms with van der Waals surface area (Å²) in [6.07, 6.45) is 5.46. The van der Waals surface area contributed by atoms with Gasteiger partial charge in [0.15, 0.2) is 5.54 Å². The second kappa shape index (κ2) is 6.76.